The summed E-state index contributed by atoms with van der Waals surface area (Å²) in [5, 5.41) is 14.3. The first-order valence-corrected chi connectivity index (χ1v) is 14.6. The average Bonchev–Trinajstić information content (AvgIpc) is 2.92. The molecule has 0 spiro atoms. The van der Waals surface area contributed by atoms with E-state index in [0.717, 1.165) is 5.56 Å². The highest BCUT2D eigenvalue weighted by Gasteiger charge is 2.31. The van der Waals surface area contributed by atoms with E-state index in [1.165, 1.54) is 42.8 Å². The molecule has 216 valence electrons. The van der Waals surface area contributed by atoms with Crippen molar-refractivity contribution in [2.75, 3.05) is 33.0 Å². The van der Waals surface area contributed by atoms with Crippen molar-refractivity contribution in [1.29, 1.82) is 0 Å². The van der Waals surface area contributed by atoms with Gasteiger partial charge in [0.25, 0.3) is 0 Å². The Labute approximate surface area is 237 Å². The fourth-order valence-corrected chi connectivity index (χ4v) is 6.01. The number of hydrogen-bond donors (Lipinski definition) is 3. The Morgan fingerprint density at radius 2 is 1.57 bits per heavy atom. The number of sulfonamides is 1. The number of aliphatic hydroxyl groups excluding tert-OH is 1. The molecule has 0 aliphatic heterocycles. The van der Waals surface area contributed by atoms with Gasteiger partial charge in [-0.15, -0.1) is 0 Å². The molecule has 0 aromatic heterocycles. The standard InChI is InChI=1S/C30H39N3O6S/c1-21(2)19-33(40(36,37)25-13-11-24(31)12-14-25)20-27(34)26(16-22-8-6-5-7-9-22)32-30(35)18-23-10-15-28(38-3)29(17-23)39-4/h5-15,17,21,26-27,34H,16,18-20,31H2,1-4H3,(H,32,35)/t26-,27+/m0/s1. The van der Waals surface area contributed by atoms with E-state index in [2.05, 4.69) is 5.32 Å². The number of hydrogen-bond acceptors (Lipinski definition) is 7. The van der Waals surface area contributed by atoms with E-state index in [1.54, 1.807) is 18.2 Å². The molecule has 40 heavy (non-hydrogen) atoms. The van der Waals surface area contributed by atoms with Gasteiger partial charge in [-0.3, -0.25) is 4.79 Å². The van der Waals surface area contributed by atoms with Crippen LogP contribution in [0.1, 0.15) is 25.0 Å². The van der Waals surface area contributed by atoms with E-state index in [1.807, 2.05) is 44.2 Å². The maximum Gasteiger partial charge on any atom is 0.243 e. The molecule has 10 heteroatoms. The number of amides is 1. The molecule has 0 saturated carbocycles. The lowest BCUT2D eigenvalue weighted by Gasteiger charge is -2.31. The van der Waals surface area contributed by atoms with Crippen molar-refractivity contribution in [3.05, 3.63) is 83.9 Å². The van der Waals surface area contributed by atoms with Crippen molar-refractivity contribution >= 4 is 21.6 Å². The van der Waals surface area contributed by atoms with Crippen LogP contribution in [0.25, 0.3) is 0 Å². The van der Waals surface area contributed by atoms with Crippen LogP contribution in [0, 0.1) is 5.92 Å². The Balaban J connectivity index is 1.84. The molecule has 0 saturated heterocycles. The summed E-state index contributed by atoms with van der Waals surface area (Å²) in [6.45, 7) is 3.81. The third-order valence-electron chi connectivity index (χ3n) is 6.40. The van der Waals surface area contributed by atoms with Crippen LogP contribution in [-0.4, -0.2) is 63.2 Å². The number of nitrogen functional groups attached to an aromatic ring is 1. The van der Waals surface area contributed by atoms with Gasteiger partial charge >= 0.3 is 0 Å². The molecule has 0 aliphatic rings. The first kappa shape index (κ1) is 30.9. The van der Waals surface area contributed by atoms with Crippen LogP contribution in [0.15, 0.2) is 77.7 Å². The largest absolute Gasteiger partial charge is 0.493 e. The molecule has 0 unspecified atom stereocenters. The van der Waals surface area contributed by atoms with Crippen molar-refractivity contribution in [1.82, 2.24) is 9.62 Å². The minimum absolute atomic E-state index is 0.00275. The highest BCUT2D eigenvalue weighted by Crippen LogP contribution is 2.28. The number of carbonyl (C=O) groups is 1. The topological polar surface area (TPSA) is 131 Å². The third-order valence-corrected chi connectivity index (χ3v) is 8.25. The van der Waals surface area contributed by atoms with Crippen LogP contribution in [-0.2, 0) is 27.7 Å². The van der Waals surface area contributed by atoms with Gasteiger partial charge in [0.2, 0.25) is 15.9 Å². The van der Waals surface area contributed by atoms with Gasteiger partial charge < -0.3 is 25.6 Å². The van der Waals surface area contributed by atoms with E-state index in [0.29, 0.717) is 29.2 Å². The van der Waals surface area contributed by atoms with Crippen LogP contribution >= 0.6 is 0 Å². The van der Waals surface area contributed by atoms with Crippen molar-refractivity contribution in [3.8, 4) is 11.5 Å². The summed E-state index contributed by atoms with van der Waals surface area (Å²) in [6, 6.07) is 19.9. The number of carbonyl (C=O) groups excluding carboxylic acids is 1. The summed E-state index contributed by atoms with van der Waals surface area (Å²) in [6.07, 6.45) is -0.827. The fourth-order valence-electron chi connectivity index (χ4n) is 4.39. The lowest BCUT2D eigenvalue weighted by Crippen LogP contribution is -2.51. The van der Waals surface area contributed by atoms with E-state index < -0.39 is 22.2 Å². The predicted molar refractivity (Wildman–Crippen MR) is 156 cm³/mol. The molecule has 0 radical (unpaired) electrons. The number of rotatable bonds is 14. The Morgan fingerprint density at radius 1 is 0.925 bits per heavy atom. The molecule has 3 aromatic carbocycles. The summed E-state index contributed by atoms with van der Waals surface area (Å²) >= 11 is 0. The first-order chi connectivity index (χ1) is 19.0. The fraction of sp³-hybridized carbons (Fsp3) is 0.367. The summed E-state index contributed by atoms with van der Waals surface area (Å²) in [5.41, 5.74) is 7.81. The Hall–Kier alpha value is -3.60. The van der Waals surface area contributed by atoms with Gasteiger partial charge in [0.15, 0.2) is 11.5 Å². The molecule has 0 fully saturated rings. The molecule has 0 aliphatic carbocycles. The lowest BCUT2D eigenvalue weighted by molar-refractivity contribution is -0.122. The summed E-state index contributed by atoms with van der Waals surface area (Å²) < 4.78 is 39.0. The van der Waals surface area contributed by atoms with Gasteiger partial charge in [0.1, 0.15) is 0 Å². The minimum Gasteiger partial charge on any atom is -0.493 e. The highest BCUT2D eigenvalue weighted by atomic mass is 32.2. The molecule has 2 atom stereocenters. The summed E-state index contributed by atoms with van der Waals surface area (Å²) in [7, 11) is -0.866. The van der Waals surface area contributed by atoms with Crippen LogP contribution in [0.5, 0.6) is 11.5 Å². The molecule has 9 nitrogen and oxygen atoms in total. The maximum absolute atomic E-state index is 13.5. The molecular weight excluding hydrogens is 530 g/mol. The Bertz CT molecular complexity index is 1350. The van der Waals surface area contributed by atoms with Crippen LogP contribution in [0.2, 0.25) is 0 Å². The summed E-state index contributed by atoms with van der Waals surface area (Å²) in [4.78, 5) is 13.2. The second-order valence-corrected chi connectivity index (χ2v) is 12.0. The number of anilines is 1. The number of ether oxygens (including phenoxy) is 2. The second kappa shape index (κ2) is 14.2. The molecule has 4 N–H and O–H groups in total. The van der Waals surface area contributed by atoms with Crippen molar-refractivity contribution in [3.63, 3.8) is 0 Å². The molecule has 0 bridgehead atoms. The average molecular weight is 570 g/mol. The van der Waals surface area contributed by atoms with Crippen molar-refractivity contribution < 1.29 is 27.8 Å². The number of benzene rings is 3. The smallest absolute Gasteiger partial charge is 0.243 e. The van der Waals surface area contributed by atoms with E-state index in [9.17, 15) is 18.3 Å². The normalized spacial score (nSPS) is 13.2. The molecular formula is C30H39N3O6S. The summed E-state index contributed by atoms with van der Waals surface area (Å²) in [5.74, 6) is 0.745. The molecule has 0 heterocycles. The number of nitrogens with two attached hydrogens (primary N) is 1. The molecule has 3 rings (SSSR count). The van der Waals surface area contributed by atoms with Crippen LogP contribution in [0.4, 0.5) is 5.69 Å². The molecule has 3 aromatic rings. The van der Waals surface area contributed by atoms with E-state index in [4.69, 9.17) is 15.2 Å². The van der Waals surface area contributed by atoms with E-state index in [-0.39, 0.29) is 36.2 Å². The number of nitrogens with one attached hydrogen (secondary N) is 1. The van der Waals surface area contributed by atoms with Crippen molar-refractivity contribution in [2.24, 2.45) is 5.92 Å². The lowest BCUT2D eigenvalue weighted by atomic mass is 10.00. The van der Waals surface area contributed by atoms with Gasteiger partial charge in [-0.2, -0.15) is 4.31 Å². The van der Waals surface area contributed by atoms with Crippen LogP contribution < -0.4 is 20.5 Å². The highest BCUT2D eigenvalue weighted by molar-refractivity contribution is 7.89. The Morgan fingerprint density at radius 3 is 2.17 bits per heavy atom. The second-order valence-electron chi connectivity index (χ2n) is 10.1. The van der Waals surface area contributed by atoms with Crippen LogP contribution in [0.3, 0.4) is 0 Å². The van der Waals surface area contributed by atoms with Gasteiger partial charge in [-0.25, -0.2) is 8.42 Å². The monoisotopic (exact) mass is 569 g/mol. The zero-order chi connectivity index (χ0) is 29.3. The number of methoxy groups -OCH3 is 2. The van der Waals surface area contributed by atoms with Gasteiger partial charge in [-0.05, 0) is 59.9 Å². The zero-order valence-corrected chi connectivity index (χ0v) is 24.2. The maximum atomic E-state index is 13.5. The van der Waals surface area contributed by atoms with Crippen molar-refractivity contribution in [2.45, 2.75) is 43.7 Å². The predicted octanol–water partition coefficient (Wildman–Crippen LogP) is 3.26. The van der Waals surface area contributed by atoms with Gasteiger partial charge in [-0.1, -0.05) is 50.2 Å². The number of nitrogens with zero attached hydrogens (tertiary/aromatic N) is 1. The van der Waals surface area contributed by atoms with Gasteiger partial charge in [0.05, 0.1) is 37.7 Å². The SMILES string of the molecule is COc1ccc(CC(=O)N[C@@H](Cc2ccccc2)[C@H](O)CN(CC(C)C)S(=O)(=O)c2ccc(N)cc2)cc1OC. The Kier molecular flexibility index (Phi) is 10.9. The quantitative estimate of drug-likeness (QED) is 0.254. The van der Waals surface area contributed by atoms with E-state index >= 15 is 0 Å². The minimum atomic E-state index is -3.93. The first-order valence-electron chi connectivity index (χ1n) is 13.1. The third kappa shape index (κ3) is 8.45. The number of aliphatic hydroxyl groups is 1. The molecule has 1 amide bonds. The zero-order valence-electron chi connectivity index (χ0n) is 23.4. The van der Waals surface area contributed by atoms with Gasteiger partial charge in [0, 0.05) is 18.8 Å².